The largest absolute Gasteiger partial charge is 1.00 e. The second-order valence-corrected chi connectivity index (χ2v) is 2.04. The summed E-state index contributed by atoms with van der Waals surface area (Å²) in [5.41, 5.74) is 0. The van der Waals surface area contributed by atoms with Gasteiger partial charge in [-0.25, -0.2) is 0 Å². The van der Waals surface area contributed by atoms with Gasteiger partial charge >= 0.3 is 29.6 Å². The van der Waals surface area contributed by atoms with E-state index in [-0.39, 0.29) is 34.5 Å². The first-order chi connectivity index (χ1) is 4.84. The predicted molar refractivity (Wildman–Crippen MR) is 33.9 cm³/mol. The normalized spacial score (nSPS) is 19.3. The van der Waals surface area contributed by atoms with Crippen LogP contribution < -0.4 is 34.9 Å². The number of rotatable bonds is 1. The van der Waals surface area contributed by atoms with E-state index in [0.717, 1.165) is 13.1 Å². The van der Waals surface area contributed by atoms with Crippen molar-refractivity contribution in [1.29, 1.82) is 0 Å². The molecule has 0 bridgehead atoms. The molecule has 6 nitrogen and oxygen atoms in total. The number of hydrogen-bond acceptors (Lipinski definition) is 4. The molecular weight excluding hydrogens is 159 g/mol. The van der Waals surface area contributed by atoms with Gasteiger partial charge in [-0.1, -0.05) is 0 Å². The van der Waals surface area contributed by atoms with Gasteiger partial charge in [0.05, 0.1) is 13.1 Å². The molecule has 0 saturated carbocycles. The average Bonchev–Trinajstić information content (AvgIpc) is 2.05. The first kappa shape index (κ1) is 11.0. The summed E-state index contributed by atoms with van der Waals surface area (Å²) in [5, 5.41) is 26.8. The Hall–Kier alpha value is -0.0400. The van der Waals surface area contributed by atoms with E-state index < -0.39 is 0 Å². The van der Waals surface area contributed by atoms with Gasteiger partial charge in [0.2, 0.25) is 0 Å². The molecule has 0 aromatic heterocycles. The van der Waals surface area contributed by atoms with Crippen LogP contribution in [0.1, 0.15) is 0 Å². The number of nitrogens with zero attached hydrogens (tertiary/aromatic N) is 3. The first-order valence-electron chi connectivity index (χ1n) is 3.10. The fourth-order valence-electron chi connectivity index (χ4n) is 0.876. The monoisotopic (exact) mass is 168 g/mol. The molecule has 0 radical (unpaired) electrons. The van der Waals surface area contributed by atoms with E-state index in [1.54, 1.807) is 0 Å². The molecule has 11 heavy (non-hydrogen) atoms. The maximum atomic E-state index is 10.5. The number of hydrazine groups is 1. The Morgan fingerprint density at radius 2 is 1.91 bits per heavy atom. The van der Waals surface area contributed by atoms with Gasteiger partial charge in [-0.15, -0.1) is 5.01 Å². The molecule has 0 spiro atoms. The Balaban J connectivity index is 0.000001000. The second-order valence-electron chi connectivity index (χ2n) is 2.04. The molecule has 0 atom stereocenters. The number of piperazine rings is 1. The third-order valence-corrected chi connectivity index (χ3v) is 1.41. The van der Waals surface area contributed by atoms with Crippen LogP contribution in [0.2, 0.25) is 0 Å². The van der Waals surface area contributed by atoms with Gasteiger partial charge < -0.3 is 15.7 Å². The van der Waals surface area contributed by atoms with Crippen LogP contribution in [0, 0.1) is 10.4 Å². The van der Waals surface area contributed by atoms with Crippen molar-refractivity contribution >= 4 is 0 Å². The van der Waals surface area contributed by atoms with Crippen molar-refractivity contribution in [2.24, 2.45) is 5.28 Å². The van der Waals surface area contributed by atoms with Gasteiger partial charge in [0.25, 0.3) is 0 Å². The van der Waals surface area contributed by atoms with Crippen molar-refractivity contribution < 1.29 is 34.5 Å². The fraction of sp³-hybridized carbons (Fsp3) is 1.00. The summed E-state index contributed by atoms with van der Waals surface area (Å²) >= 11 is 0. The third kappa shape index (κ3) is 3.24. The molecule has 7 heteroatoms. The molecule has 1 rings (SSSR count). The van der Waals surface area contributed by atoms with Gasteiger partial charge in [0.1, 0.15) is 0 Å². The van der Waals surface area contributed by atoms with Crippen molar-refractivity contribution in [2.45, 2.75) is 0 Å². The SMILES string of the molecule is [Na+].[O-]N=[N+]([O-])N1CCNCC1. The Kier molecular flexibility index (Phi) is 5.57. The Morgan fingerprint density at radius 3 is 2.36 bits per heavy atom. The zero-order valence-electron chi connectivity index (χ0n) is 6.49. The summed E-state index contributed by atoms with van der Waals surface area (Å²) in [4.78, 5) is 0.0981. The second kappa shape index (κ2) is 5.59. The predicted octanol–water partition coefficient (Wildman–Crippen LogP) is -3.73. The molecule has 1 aliphatic rings. The minimum Gasteiger partial charge on any atom is -0.737 e. The van der Waals surface area contributed by atoms with E-state index in [1.165, 1.54) is 5.01 Å². The molecule has 1 heterocycles. The van der Waals surface area contributed by atoms with Gasteiger partial charge in [0.15, 0.2) is 0 Å². The molecule has 58 valence electrons. The van der Waals surface area contributed by atoms with E-state index in [4.69, 9.17) is 0 Å². The van der Waals surface area contributed by atoms with Gasteiger partial charge in [-0.3, -0.25) is 0 Å². The number of nitrogens with one attached hydrogen (secondary N) is 1. The van der Waals surface area contributed by atoms with Crippen molar-refractivity contribution in [3.05, 3.63) is 10.4 Å². The van der Waals surface area contributed by atoms with Crippen LogP contribution >= 0.6 is 0 Å². The summed E-state index contributed by atoms with van der Waals surface area (Å²) in [7, 11) is 0. The van der Waals surface area contributed by atoms with Gasteiger partial charge in [-0.2, -0.15) is 0 Å². The molecular formula is C4H9N4NaO2. The van der Waals surface area contributed by atoms with Gasteiger partial charge in [-0.05, 0) is 5.28 Å². The van der Waals surface area contributed by atoms with Crippen LogP contribution in [-0.2, 0) is 0 Å². The van der Waals surface area contributed by atoms with E-state index in [1.807, 2.05) is 0 Å². The maximum Gasteiger partial charge on any atom is 1.00 e. The van der Waals surface area contributed by atoms with Gasteiger partial charge in [0, 0.05) is 18.1 Å². The Labute approximate surface area is 86.7 Å². The minimum absolute atomic E-state index is 0. The van der Waals surface area contributed by atoms with E-state index in [2.05, 4.69) is 10.6 Å². The smallest absolute Gasteiger partial charge is 0.737 e. The summed E-state index contributed by atoms with van der Waals surface area (Å²) in [6.45, 7) is 2.56. The fourth-order valence-corrected chi connectivity index (χ4v) is 0.876. The standard InChI is InChI=1S/C4H10N4O2.Na/c9-6-8(10)7-3-1-5-2-4-7;/h5,9H,1-4H2;/q;+1/p-1. The van der Waals surface area contributed by atoms with E-state index >= 15 is 0 Å². The topological polar surface area (TPSA) is 76.8 Å². The first-order valence-corrected chi connectivity index (χ1v) is 3.10. The zero-order chi connectivity index (χ0) is 7.40. The van der Waals surface area contributed by atoms with E-state index in [9.17, 15) is 10.4 Å². The molecule has 1 aliphatic heterocycles. The van der Waals surface area contributed by atoms with Crippen LogP contribution in [0.15, 0.2) is 5.28 Å². The molecule has 0 aromatic carbocycles. The maximum absolute atomic E-state index is 10.5. The Bertz CT molecular complexity index is 136. The van der Waals surface area contributed by atoms with Crippen LogP contribution in [0.25, 0.3) is 0 Å². The molecule has 1 fully saturated rings. The van der Waals surface area contributed by atoms with Crippen LogP contribution in [0.4, 0.5) is 0 Å². The third-order valence-electron chi connectivity index (χ3n) is 1.41. The van der Waals surface area contributed by atoms with Crippen molar-refractivity contribution in [1.82, 2.24) is 10.3 Å². The average molecular weight is 168 g/mol. The van der Waals surface area contributed by atoms with Crippen LogP contribution in [-0.4, -0.2) is 36.2 Å². The van der Waals surface area contributed by atoms with Crippen molar-refractivity contribution in [3.63, 3.8) is 0 Å². The van der Waals surface area contributed by atoms with E-state index in [0.29, 0.717) is 13.1 Å². The summed E-state index contributed by atoms with van der Waals surface area (Å²) in [6.07, 6.45) is 0. The molecule has 1 saturated heterocycles. The van der Waals surface area contributed by atoms with Crippen LogP contribution in [0.3, 0.4) is 0 Å². The quantitative estimate of drug-likeness (QED) is 0.189. The van der Waals surface area contributed by atoms with Crippen molar-refractivity contribution in [2.75, 3.05) is 26.2 Å². The van der Waals surface area contributed by atoms with Crippen molar-refractivity contribution in [3.8, 4) is 0 Å². The van der Waals surface area contributed by atoms with Crippen LogP contribution in [0.5, 0.6) is 0 Å². The molecule has 0 aromatic rings. The summed E-state index contributed by atoms with van der Waals surface area (Å²) < 4.78 is 0. The molecule has 0 aliphatic carbocycles. The molecule has 0 unspecified atom stereocenters. The zero-order valence-corrected chi connectivity index (χ0v) is 8.49. The minimum atomic E-state index is 0. The molecule has 1 N–H and O–H groups in total. The summed E-state index contributed by atoms with van der Waals surface area (Å²) in [5.74, 6) is 0. The number of hydrogen-bond donors (Lipinski definition) is 1. The summed E-state index contributed by atoms with van der Waals surface area (Å²) in [6, 6.07) is 0. The Morgan fingerprint density at radius 1 is 1.36 bits per heavy atom. The molecule has 0 amide bonds.